The number of amides is 1. The molecule has 21 heavy (non-hydrogen) atoms. The minimum absolute atomic E-state index is 0.535. The molecule has 8 heteroatoms. The number of methoxy groups -OCH3 is 1. The van der Waals surface area contributed by atoms with Crippen LogP contribution in [0.15, 0.2) is 18.2 Å². The number of nitrogens with zero attached hydrogens (tertiary/aromatic N) is 1. The molecule has 1 heterocycles. The average molecular weight is 354 g/mol. The van der Waals surface area contributed by atoms with E-state index in [2.05, 4.69) is 10.2 Å². The molecule has 1 saturated heterocycles. The van der Waals surface area contributed by atoms with Gasteiger partial charge in [-0.2, -0.15) is 0 Å². The van der Waals surface area contributed by atoms with Gasteiger partial charge in [-0.1, -0.05) is 34.8 Å². The first-order valence-corrected chi connectivity index (χ1v) is 7.44. The molecule has 0 atom stereocenters. The lowest BCUT2D eigenvalue weighted by Gasteiger charge is -2.31. The second-order valence-corrected chi connectivity index (χ2v) is 6.72. The molecule has 0 bridgehead atoms. The molecular formula is C13H15Cl3N2O3. The maximum Gasteiger partial charge on any atom is 0.276 e. The van der Waals surface area contributed by atoms with Gasteiger partial charge in [-0.15, -0.1) is 0 Å². The van der Waals surface area contributed by atoms with Crippen LogP contribution in [0.4, 0.5) is 11.4 Å². The molecule has 0 aromatic heterocycles. The van der Waals surface area contributed by atoms with Crippen molar-refractivity contribution in [1.29, 1.82) is 0 Å². The average Bonchev–Trinajstić information content (AvgIpc) is 2.47. The first kappa shape index (κ1) is 16.5. The Morgan fingerprint density at radius 3 is 2.57 bits per heavy atom. The molecule has 1 aliphatic rings. The monoisotopic (exact) mass is 352 g/mol. The molecule has 1 amide bonds. The normalized spacial score (nSPS) is 15.7. The van der Waals surface area contributed by atoms with Crippen LogP contribution in [0.3, 0.4) is 0 Å². The first-order chi connectivity index (χ1) is 9.91. The van der Waals surface area contributed by atoms with E-state index in [9.17, 15) is 4.79 Å². The molecule has 1 fully saturated rings. The van der Waals surface area contributed by atoms with Gasteiger partial charge in [0.1, 0.15) is 5.75 Å². The van der Waals surface area contributed by atoms with E-state index in [1.165, 1.54) is 0 Å². The molecule has 0 saturated carbocycles. The summed E-state index contributed by atoms with van der Waals surface area (Å²) in [6.07, 6.45) is 0. The van der Waals surface area contributed by atoms with Crippen LogP contribution in [0.25, 0.3) is 0 Å². The number of hydrogen-bond donors (Lipinski definition) is 1. The highest BCUT2D eigenvalue weighted by atomic mass is 35.6. The molecule has 0 radical (unpaired) electrons. The molecule has 1 aromatic rings. The van der Waals surface area contributed by atoms with Crippen LogP contribution < -0.4 is 15.0 Å². The van der Waals surface area contributed by atoms with Crippen molar-refractivity contribution < 1.29 is 14.3 Å². The molecule has 0 aliphatic carbocycles. The Kier molecular flexibility index (Phi) is 5.43. The number of carbonyl (C=O) groups is 1. The molecule has 0 spiro atoms. The van der Waals surface area contributed by atoms with Crippen molar-refractivity contribution in [3.63, 3.8) is 0 Å². The van der Waals surface area contributed by atoms with E-state index in [1.807, 2.05) is 12.1 Å². The maximum atomic E-state index is 11.9. The van der Waals surface area contributed by atoms with E-state index < -0.39 is 9.70 Å². The first-order valence-electron chi connectivity index (χ1n) is 6.30. The summed E-state index contributed by atoms with van der Waals surface area (Å²) in [6, 6.07) is 5.37. The lowest BCUT2D eigenvalue weighted by Crippen LogP contribution is -2.37. The minimum atomic E-state index is -2.02. The highest BCUT2D eigenvalue weighted by Gasteiger charge is 2.31. The Labute approximate surface area is 138 Å². The molecule has 116 valence electrons. The standard InChI is InChI=1S/C13H15Cl3N2O3/c1-20-9-2-3-11(18-4-6-21-7-5-18)10(8-9)17-12(19)13(14,15)16/h2-3,8H,4-7H2,1H3,(H,17,19). The summed E-state index contributed by atoms with van der Waals surface area (Å²) >= 11 is 16.8. The van der Waals surface area contributed by atoms with Gasteiger partial charge in [0.2, 0.25) is 0 Å². The summed E-state index contributed by atoms with van der Waals surface area (Å²) in [5.41, 5.74) is 1.37. The second kappa shape index (κ2) is 6.92. The summed E-state index contributed by atoms with van der Waals surface area (Å²) in [7, 11) is 1.55. The zero-order chi connectivity index (χ0) is 15.5. The summed E-state index contributed by atoms with van der Waals surface area (Å²) in [6.45, 7) is 2.71. The molecule has 1 aliphatic heterocycles. The quantitative estimate of drug-likeness (QED) is 0.849. The lowest BCUT2D eigenvalue weighted by molar-refractivity contribution is -0.115. The van der Waals surface area contributed by atoms with E-state index in [0.717, 1.165) is 18.8 Å². The van der Waals surface area contributed by atoms with Crippen molar-refractivity contribution in [3.8, 4) is 5.75 Å². The number of nitrogens with one attached hydrogen (secondary N) is 1. The second-order valence-electron chi connectivity index (χ2n) is 4.43. The number of hydrogen-bond acceptors (Lipinski definition) is 4. The zero-order valence-electron chi connectivity index (χ0n) is 11.4. The van der Waals surface area contributed by atoms with Crippen molar-refractivity contribution in [3.05, 3.63) is 18.2 Å². The van der Waals surface area contributed by atoms with Crippen LogP contribution in [0, 0.1) is 0 Å². The van der Waals surface area contributed by atoms with Gasteiger partial charge in [-0.05, 0) is 12.1 Å². The Morgan fingerprint density at radius 2 is 2.00 bits per heavy atom. The molecule has 5 nitrogen and oxygen atoms in total. The third-order valence-corrected chi connectivity index (χ3v) is 3.58. The fourth-order valence-electron chi connectivity index (χ4n) is 2.02. The highest BCUT2D eigenvalue weighted by Crippen LogP contribution is 2.34. The zero-order valence-corrected chi connectivity index (χ0v) is 13.6. The number of carbonyl (C=O) groups excluding carboxylic acids is 1. The van der Waals surface area contributed by atoms with Gasteiger partial charge in [0.25, 0.3) is 9.70 Å². The van der Waals surface area contributed by atoms with E-state index in [0.29, 0.717) is 24.7 Å². The van der Waals surface area contributed by atoms with Gasteiger partial charge in [0.15, 0.2) is 0 Å². The number of anilines is 2. The van der Waals surface area contributed by atoms with Crippen LogP contribution in [0.5, 0.6) is 5.75 Å². The van der Waals surface area contributed by atoms with E-state index >= 15 is 0 Å². The van der Waals surface area contributed by atoms with Crippen LogP contribution in [0.1, 0.15) is 0 Å². The van der Waals surface area contributed by atoms with Crippen molar-refractivity contribution >= 4 is 52.1 Å². The van der Waals surface area contributed by atoms with Crippen molar-refractivity contribution in [1.82, 2.24) is 0 Å². The van der Waals surface area contributed by atoms with Crippen molar-refractivity contribution in [2.24, 2.45) is 0 Å². The Hall–Kier alpha value is -0.880. The fraction of sp³-hybridized carbons (Fsp3) is 0.462. The number of rotatable bonds is 3. The Balaban J connectivity index is 2.29. The van der Waals surface area contributed by atoms with Gasteiger partial charge in [-0.3, -0.25) is 4.79 Å². The van der Waals surface area contributed by atoms with Gasteiger partial charge in [0.05, 0.1) is 31.7 Å². The predicted octanol–water partition coefficient (Wildman–Crippen LogP) is 2.84. The molecule has 1 N–H and O–H groups in total. The topological polar surface area (TPSA) is 50.8 Å². The van der Waals surface area contributed by atoms with E-state index in [4.69, 9.17) is 44.3 Å². The number of ether oxygens (including phenoxy) is 2. The largest absolute Gasteiger partial charge is 0.497 e. The Morgan fingerprint density at radius 1 is 1.33 bits per heavy atom. The lowest BCUT2D eigenvalue weighted by atomic mass is 10.2. The van der Waals surface area contributed by atoms with Crippen molar-refractivity contribution in [2.45, 2.75) is 3.79 Å². The molecule has 0 unspecified atom stereocenters. The van der Waals surface area contributed by atoms with E-state index in [-0.39, 0.29) is 0 Å². The summed E-state index contributed by atoms with van der Waals surface area (Å²) in [5, 5.41) is 2.63. The van der Waals surface area contributed by atoms with Crippen LogP contribution in [-0.2, 0) is 9.53 Å². The maximum absolute atomic E-state index is 11.9. The molecular weight excluding hydrogens is 339 g/mol. The molecule has 1 aromatic carbocycles. The minimum Gasteiger partial charge on any atom is -0.497 e. The summed E-state index contributed by atoms with van der Waals surface area (Å²) < 4.78 is 8.47. The van der Waals surface area contributed by atoms with Gasteiger partial charge in [-0.25, -0.2) is 0 Å². The third kappa shape index (κ3) is 4.30. The number of alkyl halides is 3. The third-order valence-electron chi connectivity index (χ3n) is 3.06. The highest BCUT2D eigenvalue weighted by molar-refractivity contribution is 6.76. The van der Waals surface area contributed by atoms with Crippen LogP contribution in [-0.4, -0.2) is 43.1 Å². The van der Waals surface area contributed by atoms with E-state index in [1.54, 1.807) is 13.2 Å². The van der Waals surface area contributed by atoms with Crippen LogP contribution >= 0.6 is 34.8 Å². The number of benzene rings is 1. The number of halogens is 3. The fourth-order valence-corrected chi connectivity index (χ4v) is 2.16. The summed E-state index contributed by atoms with van der Waals surface area (Å²) in [4.78, 5) is 14.0. The molecule has 2 rings (SSSR count). The van der Waals surface area contributed by atoms with Gasteiger partial charge < -0.3 is 19.7 Å². The Bertz CT molecular complexity index is 514. The number of morpholine rings is 1. The smallest absolute Gasteiger partial charge is 0.276 e. The van der Waals surface area contributed by atoms with Crippen LogP contribution in [0.2, 0.25) is 0 Å². The van der Waals surface area contributed by atoms with Crippen molar-refractivity contribution in [2.75, 3.05) is 43.6 Å². The van der Waals surface area contributed by atoms with Gasteiger partial charge in [0, 0.05) is 19.2 Å². The predicted molar refractivity (Wildman–Crippen MR) is 84.9 cm³/mol. The SMILES string of the molecule is COc1ccc(N2CCOCC2)c(NC(=O)C(Cl)(Cl)Cl)c1. The summed E-state index contributed by atoms with van der Waals surface area (Å²) in [5.74, 6) is -0.109. The van der Waals surface area contributed by atoms with Gasteiger partial charge >= 0.3 is 0 Å².